The van der Waals surface area contributed by atoms with Crippen molar-refractivity contribution in [1.82, 2.24) is 14.5 Å². The molecule has 0 saturated carbocycles. The third-order valence-electron chi connectivity index (χ3n) is 5.16. The average Bonchev–Trinajstić information content (AvgIpc) is 3.21. The molecule has 0 amide bonds. The molecule has 168 valence electrons. The summed E-state index contributed by atoms with van der Waals surface area (Å²) in [6.45, 7) is 0. The highest BCUT2D eigenvalue weighted by Gasteiger charge is 2.21. The van der Waals surface area contributed by atoms with Crippen molar-refractivity contribution >= 4 is 34.7 Å². The highest BCUT2D eigenvalue weighted by atomic mass is 35.5. The maximum absolute atomic E-state index is 12.4. The first-order valence-electron chi connectivity index (χ1n) is 9.90. The minimum atomic E-state index is -0.992. The molecule has 0 spiro atoms. The lowest BCUT2D eigenvalue weighted by molar-refractivity contribution is -0.142. The molecule has 0 saturated heterocycles. The second kappa shape index (κ2) is 9.17. The number of aromatic amines is 2. The normalized spacial score (nSPS) is 12.3. The number of carbonyl (C=O) groups is 1. The third kappa shape index (κ3) is 4.31. The van der Waals surface area contributed by atoms with Gasteiger partial charge in [0.25, 0.3) is 5.56 Å². The SMILES string of the molecule is COC(=O)[C@@H](Cc1c[nH]c2ccccc12)N=Cc1c(O)n(-c2ccccc2Cl)c(=O)[nH]c1=O. The second-order valence-electron chi connectivity index (χ2n) is 7.16. The summed E-state index contributed by atoms with van der Waals surface area (Å²) in [5, 5.41) is 11.8. The molecule has 0 aliphatic carbocycles. The van der Waals surface area contributed by atoms with Crippen molar-refractivity contribution in [3.63, 3.8) is 0 Å². The van der Waals surface area contributed by atoms with E-state index in [9.17, 15) is 19.5 Å². The summed E-state index contributed by atoms with van der Waals surface area (Å²) in [6, 6.07) is 12.9. The number of esters is 1. The zero-order valence-corrected chi connectivity index (χ0v) is 18.2. The van der Waals surface area contributed by atoms with Crippen LogP contribution in [0.25, 0.3) is 16.6 Å². The van der Waals surface area contributed by atoms with Gasteiger partial charge in [-0.1, -0.05) is 41.9 Å². The van der Waals surface area contributed by atoms with Crippen LogP contribution in [0, 0.1) is 0 Å². The predicted molar refractivity (Wildman–Crippen MR) is 125 cm³/mol. The van der Waals surface area contributed by atoms with Gasteiger partial charge in [-0.25, -0.2) is 14.2 Å². The van der Waals surface area contributed by atoms with E-state index in [0.29, 0.717) is 0 Å². The van der Waals surface area contributed by atoms with Crippen LogP contribution in [0.3, 0.4) is 0 Å². The number of aromatic hydroxyl groups is 1. The molecule has 2 aromatic carbocycles. The Hall–Kier alpha value is -4.11. The summed E-state index contributed by atoms with van der Waals surface area (Å²) in [7, 11) is 1.24. The highest BCUT2D eigenvalue weighted by molar-refractivity contribution is 6.32. The lowest BCUT2D eigenvalue weighted by atomic mass is 10.1. The van der Waals surface area contributed by atoms with E-state index < -0.39 is 29.1 Å². The summed E-state index contributed by atoms with van der Waals surface area (Å²) in [6.07, 6.45) is 3.02. The molecule has 0 unspecified atom stereocenters. The summed E-state index contributed by atoms with van der Waals surface area (Å²) in [5.74, 6) is -1.27. The molecule has 33 heavy (non-hydrogen) atoms. The van der Waals surface area contributed by atoms with Gasteiger partial charge in [-0.2, -0.15) is 0 Å². The maximum Gasteiger partial charge on any atom is 0.335 e. The molecular weight excluding hydrogens is 448 g/mol. The number of ether oxygens (including phenoxy) is 1. The van der Waals surface area contributed by atoms with E-state index in [2.05, 4.69) is 15.0 Å². The second-order valence-corrected chi connectivity index (χ2v) is 7.57. The van der Waals surface area contributed by atoms with Gasteiger partial charge in [0.2, 0.25) is 5.88 Å². The maximum atomic E-state index is 12.4. The Morgan fingerprint density at radius 3 is 2.70 bits per heavy atom. The molecule has 10 heteroatoms. The number of hydrogen-bond acceptors (Lipinski definition) is 6. The number of nitrogens with one attached hydrogen (secondary N) is 2. The molecule has 2 heterocycles. The van der Waals surface area contributed by atoms with E-state index in [4.69, 9.17) is 16.3 Å². The number of aromatic nitrogens is 3. The topological polar surface area (TPSA) is 130 Å². The molecule has 1 atom stereocenters. The number of para-hydroxylation sites is 2. The number of fused-ring (bicyclic) bond motifs is 1. The molecular formula is C23H19ClN4O5. The first-order chi connectivity index (χ1) is 15.9. The van der Waals surface area contributed by atoms with Crippen LogP contribution in [0.15, 0.2) is 69.3 Å². The standard InChI is InChI=1S/C23H19ClN4O5/c1-33-22(31)18(10-13-11-25-17-8-4-2-6-14(13)17)26-12-15-20(29)27-23(32)28(21(15)30)19-9-5-3-7-16(19)24/h2-9,11-12,18,25,30H,10H2,1H3,(H,27,29,32)/t18-/m1/s1. The Labute approximate surface area is 192 Å². The van der Waals surface area contributed by atoms with Gasteiger partial charge in [0.1, 0.15) is 5.56 Å². The van der Waals surface area contributed by atoms with Crippen molar-refractivity contribution < 1.29 is 14.6 Å². The fourth-order valence-electron chi connectivity index (χ4n) is 3.52. The Morgan fingerprint density at radius 1 is 1.21 bits per heavy atom. The Bertz CT molecular complexity index is 1480. The van der Waals surface area contributed by atoms with Gasteiger partial charge in [0, 0.05) is 29.7 Å². The van der Waals surface area contributed by atoms with E-state index in [-0.39, 0.29) is 22.7 Å². The fraction of sp³-hybridized carbons (Fsp3) is 0.130. The minimum absolute atomic E-state index is 0.177. The molecule has 9 nitrogen and oxygen atoms in total. The van der Waals surface area contributed by atoms with Crippen LogP contribution in [-0.4, -0.2) is 45.0 Å². The zero-order chi connectivity index (χ0) is 23.5. The molecule has 0 bridgehead atoms. The first kappa shape index (κ1) is 22.1. The van der Waals surface area contributed by atoms with E-state index >= 15 is 0 Å². The molecule has 0 radical (unpaired) electrons. The van der Waals surface area contributed by atoms with Crippen LogP contribution < -0.4 is 11.2 Å². The largest absolute Gasteiger partial charge is 0.493 e. The lowest BCUT2D eigenvalue weighted by Gasteiger charge is -2.12. The molecule has 0 aliphatic heterocycles. The molecule has 0 aliphatic rings. The van der Waals surface area contributed by atoms with Crippen LogP contribution in [-0.2, 0) is 16.0 Å². The number of H-pyrrole nitrogens is 2. The number of rotatable bonds is 6. The van der Waals surface area contributed by atoms with Crippen LogP contribution in [0.5, 0.6) is 5.88 Å². The number of methoxy groups -OCH3 is 1. The van der Waals surface area contributed by atoms with Crippen LogP contribution >= 0.6 is 11.6 Å². The molecule has 4 rings (SSSR count). The summed E-state index contributed by atoms with van der Waals surface area (Å²) in [4.78, 5) is 46.6. The smallest absolute Gasteiger partial charge is 0.335 e. The Morgan fingerprint density at radius 2 is 1.94 bits per heavy atom. The van der Waals surface area contributed by atoms with Crippen molar-refractivity contribution in [1.29, 1.82) is 0 Å². The van der Waals surface area contributed by atoms with E-state index in [1.807, 2.05) is 24.3 Å². The van der Waals surface area contributed by atoms with Gasteiger partial charge in [-0.05, 0) is 23.8 Å². The monoisotopic (exact) mass is 466 g/mol. The third-order valence-corrected chi connectivity index (χ3v) is 5.48. The summed E-state index contributed by atoms with van der Waals surface area (Å²) in [5.41, 5.74) is -0.122. The van der Waals surface area contributed by atoms with Gasteiger partial charge in [-0.15, -0.1) is 0 Å². The quantitative estimate of drug-likeness (QED) is 0.297. The molecule has 2 aromatic heterocycles. The molecule has 3 N–H and O–H groups in total. The van der Waals surface area contributed by atoms with Crippen molar-refractivity contribution in [3.05, 3.63) is 91.7 Å². The van der Waals surface area contributed by atoms with E-state index in [0.717, 1.165) is 27.2 Å². The van der Waals surface area contributed by atoms with Gasteiger partial charge in [0.15, 0.2) is 6.04 Å². The Balaban J connectivity index is 1.75. The molecule has 4 aromatic rings. The highest BCUT2D eigenvalue weighted by Crippen LogP contribution is 2.23. The van der Waals surface area contributed by atoms with E-state index in [1.54, 1.807) is 18.3 Å². The number of carbonyl (C=O) groups excluding carboxylic acids is 1. The van der Waals surface area contributed by atoms with Crippen molar-refractivity contribution in [2.75, 3.05) is 7.11 Å². The van der Waals surface area contributed by atoms with Gasteiger partial charge >= 0.3 is 11.7 Å². The van der Waals surface area contributed by atoms with Gasteiger partial charge in [-0.3, -0.25) is 14.8 Å². The molecule has 0 fully saturated rings. The van der Waals surface area contributed by atoms with Gasteiger partial charge in [0.05, 0.1) is 17.8 Å². The summed E-state index contributed by atoms with van der Waals surface area (Å²) < 4.78 is 5.73. The number of halogens is 1. The van der Waals surface area contributed by atoms with Crippen LogP contribution in [0.2, 0.25) is 5.02 Å². The summed E-state index contributed by atoms with van der Waals surface area (Å²) >= 11 is 6.15. The zero-order valence-electron chi connectivity index (χ0n) is 17.4. The van der Waals surface area contributed by atoms with E-state index in [1.165, 1.54) is 19.2 Å². The van der Waals surface area contributed by atoms with Crippen molar-refractivity contribution in [3.8, 4) is 11.6 Å². The number of benzene rings is 2. The van der Waals surface area contributed by atoms with Crippen molar-refractivity contribution in [2.24, 2.45) is 4.99 Å². The lowest BCUT2D eigenvalue weighted by Crippen LogP contribution is -2.32. The van der Waals surface area contributed by atoms with Crippen molar-refractivity contribution in [2.45, 2.75) is 12.5 Å². The minimum Gasteiger partial charge on any atom is -0.493 e. The van der Waals surface area contributed by atoms with Crippen LogP contribution in [0.1, 0.15) is 11.1 Å². The van der Waals surface area contributed by atoms with Crippen LogP contribution in [0.4, 0.5) is 0 Å². The number of aliphatic imine (C=N–C) groups is 1. The predicted octanol–water partition coefficient (Wildman–Crippen LogP) is 2.57. The Kier molecular flexibility index (Phi) is 6.14. The average molecular weight is 467 g/mol. The first-order valence-corrected chi connectivity index (χ1v) is 10.3. The number of hydrogen-bond donors (Lipinski definition) is 3. The van der Waals surface area contributed by atoms with Gasteiger partial charge < -0.3 is 14.8 Å². The number of nitrogens with zero attached hydrogens (tertiary/aromatic N) is 2. The fourth-order valence-corrected chi connectivity index (χ4v) is 3.74.